The number of amides is 2. The molecule has 152 valence electrons. The summed E-state index contributed by atoms with van der Waals surface area (Å²) in [7, 11) is 0. The second-order valence-corrected chi connectivity index (χ2v) is 7.05. The van der Waals surface area contributed by atoms with Gasteiger partial charge in [-0.25, -0.2) is 8.78 Å². The van der Waals surface area contributed by atoms with Crippen LogP contribution in [-0.4, -0.2) is 60.1 Å². The highest BCUT2D eigenvalue weighted by atomic mass is 19.1. The summed E-state index contributed by atoms with van der Waals surface area (Å²) in [4.78, 5) is 39.2. The van der Waals surface area contributed by atoms with Crippen molar-refractivity contribution in [2.75, 3.05) is 31.2 Å². The van der Waals surface area contributed by atoms with E-state index in [1.807, 2.05) is 0 Å². The topological polar surface area (TPSA) is 87.2 Å². The van der Waals surface area contributed by atoms with Crippen LogP contribution in [0.2, 0.25) is 0 Å². The zero-order valence-corrected chi connectivity index (χ0v) is 15.3. The van der Waals surface area contributed by atoms with Crippen LogP contribution < -0.4 is 4.90 Å². The Morgan fingerprint density at radius 3 is 2.43 bits per heavy atom. The van der Waals surface area contributed by atoms with Gasteiger partial charge in [-0.15, -0.1) is 0 Å². The van der Waals surface area contributed by atoms with Gasteiger partial charge in [0.25, 0.3) is 0 Å². The van der Waals surface area contributed by atoms with Crippen molar-refractivity contribution >= 4 is 23.5 Å². The molecule has 1 unspecified atom stereocenters. The van der Waals surface area contributed by atoms with Crippen LogP contribution >= 0.6 is 0 Å². The van der Waals surface area contributed by atoms with Gasteiger partial charge in [-0.05, 0) is 25.0 Å². The molecule has 1 aromatic rings. The number of ether oxygens (including phenoxy) is 1. The molecule has 0 aromatic heterocycles. The van der Waals surface area contributed by atoms with E-state index in [0.29, 0.717) is 32.1 Å². The van der Waals surface area contributed by atoms with Gasteiger partial charge < -0.3 is 19.6 Å². The lowest BCUT2D eigenvalue weighted by Gasteiger charge is -2.35. The number of carbonyl (C=O) groups is 3. The number of hydrogen-bond donors (Lipinski definition) is 1. The van der Waals surface area contributed by atoms with Crippen molar-refractivity contribution in [3.8, 4) is 0 Å². The first kappa shape index (κ1) is 20.2. The van der Waals surface area contributed by atoms with Gasteiger partial charge >= 0.3 is 5.97 Å². The van der Waals surface area contributed by atoms with Crippen molar-refractivity contribution in [3.05, 3.63) is 29.8 Å². The van der Waals surface area contributed by atoms with Gasteiger partial charge in [0.2, 0.25) is 11.8 Å². The van der Waals surface area contributed by atoms with E-state index in [1.165, 1.54) is 9.80 Å². The zero-order chi connectivity index (χ0) is 20.3. The summed E-state index contributed by atoms with van der Waals surface area (Å²) >= 11 is 0. The highest BCUT2D eigenvalue weighted by Gasteiger charge is 2.39. The lowest BCUT2D eigenvalue weighted by Crippen LogP contribution is -2.47. The van der Waals surface area contributed by atoms with Crippen molar-refractivity contribution < 1.29 is 33.0 Å². The van der Waals surface area contributed by atoms with E-state index < -0.39 is 29.4 Å². The predicted octanol–water partition coefficient (Wildman–Crippen LogP) is 1.80. The molecular weight excluding hydrogens is 374 g/mol. The lowest BCUT2D eigenvalue weighted by atomic mass is 10.0. The van der Waals surface area contributed by atoms with Crippen LogP contribution in [0.3, 0.4) is 0 Å². The Balaban J connectivity index is 1.75. The molecule has 2 fully saturated rings. The summed E-state index contributed by atoms with van der Waals surface area (Å²) in [5.74, 6) is -4.00. The van der Waals surface area contributed by atoms with Crippen LogP contribution in [0.5, 0.6) is 0 Å². The van der Waals surface area contributed by atoms with Gasteiger partial charge in [0.05, 0.1) is 12.3 Å². The molecule has 2 amide bonds. The van der Waals surface area contributed by atoms with Crippen LogP contribution in [-0.2, 0) is 19.1 Å². The van der Waals surface area contributed by atoms with E-state index in [2.05, 4.69) is 0 Å². The molecule has 0 radical (unpaired) electrons. The lowest BCUT2D eigenvalue weighted by molar-refractivity contribution is -0.142. The highest BCUT2D eigenvalue weighted by molar-refractivity contribution is 6.00. The predicted molar refractivity (Wildman–Crippen MR) is 94.6 cm³/mol. The first-order valence-electron chi connectivity index (χ1n) is 9.21. The Kier molecular flexibility index (Phi) is 6.23. The average Bonchev–Trinajstić information content (AvgIpc) is 3.03. The maximum atomic E-state index is 13.5. The number of carboxylic acids is 1. The second kappa shape index (κ2) is 8.64. The maximum absolute atomic E-state index is 13.5. The Bertz CT molecular complexity index is 746. The zero-order valence-electron chi connectivity index (χ0n) is 15.3. The normalized spacial score (nSPS) is 20.4. The quantitative estimate of drug-likeness (QED) is 0.792. The fourth-order valence-electron chi connectivity index (χ4n) is 3.74. The number of aliphatic carboxylic acids is 1. The molecule has 7 nitrogen and oxygen atoms in total. The fraction of sp³-hybridized carbons (Fsp3) is 0.526. The van der Waals surface area contributed by atoms with Crippen molar-refractivity contribution in [1.29, 1.82) is 0 Å². The molecule has 3 rings (SSSR count). The minimum Gasteiger partial charge on any atom is -0.481 e. The molecule has 28 heavy (non-hydrogen) atoms. The first-order chi connectivity index (χ1) is 13.3. The largest absolute Gasteiger partial charge is 0.481 e. The van der Waals surface area contributed by atoms with E-state index in [9.17, 15) is 23.2 Å². The van der Waals surface area contributed by atoms with Crippen LogP contribution in [0.25, 0.3) is 0 Å². The number of rotatable bonds is 6. The van der Waals surface area contributed by atoms with Gasteiger partial charge in [-0.2, -0.15) is 0 Å². The third-order valence-corrected chi connectivity index (χ3v) is 5.11. The SMILES string of the molecule is O=C(O)CCN(C(=O)C1CC(=O)N(c2cc(F)cc(F)c2)C1)C1CCOCC1. The summed E-state index contributed by atoms with van der Waals surface area (Å²) in [5, 5.41) is 9.00. The molecule has 9 heteroatoms. The maximum Gasteiger partial charge on any atom is 0.305 e. The van der Waals surface area contributed by atoms with Crippen LogP contribution in [0, 0.1) is 17.6 Å². The monoisotopic (exact) mass is 396 g/mol. The number of nitrogens with zero attached hydrogens (tertiary/aromatic N) is 2. The van der Waals surface area contributed by atoms with E-state index >= 15 is 0 Å². The summed E-state index contributed by atoms with van der Waals surface area (Å²) in [6.07, 6.45) is 0.933. The molecule has 1 aromatic carbocycles. The molecule has 0 spiro atoms. The number of benzene rings is 1. The van der Waals surface area contributed by atoms with Gasteiger partial charge in [-0.3, -0.25) is 14.4 Å². The third-order valence-electron chi connectivity index (χ3n) is 5.11. The third kappa shape index (κ3) is 4.64. The van der Waals surface area contributed by atoms with Crippen molar-refractivity contribution in [2.45, 2.75) is 31.7 Å². The molecule has 0 saturated carbocycles. The Labute approximate surface area is 160 Å². The van der Waals surface area contributed by atoms with E-state index in [1.54, 1.807) is 0 Å². The van der Waals surface area contributed by atoms with E-state index in [-0.39, 0.29) is 43.6 Å². The highest BCUT2D eigenvalue weighted by Crippen LogP contribution is 2.29. The summed E-state index contributed by atoms with van der Waals surface area (Å²) in [6, 6.07) is 2.67. The molecular formula is C19H22F2N2O5. The fourth-order valence-corrected chi connectivity index (χ4v) is 3.74. The number of carboxylic acid groups (broad SMARTS) is 1. The van der Waals surface area contributed by atoms with Crippen LogP contribution in [0.4, 0.5) is 14.5 Å². The van der Waals surface area contributed by atoms with Crippen LogP contribution in [0.15, 0.2) is 18.2 Å². The summed E-state index contributed by atoms with van der Waals surface area (Å²) < 4.78 is 32.3. The van der Waals surface area contributed by atoms with Crippen molar-refractivity contribution in [2.24, 2.45) is 5.92 Å². The van der Waals surface area contributed by atoms with Gasteiger partial charge in [0.15, 0.2) is 0 Å². The van der Waals surface area contributed by atoms with Crippen molar-refractivity contribution in [3.63, 3.8) is 0 Å². The Morgan fingerprint density at radius 1 is 1.18 bits per heavy atom. The molecule has 2 aliphatic rings. The minimum atomic E-state index is -1.01. The van der Waals surface area contributed by atoms with Gasteiger partial charge in [-0.1, -0.05) is 0 Å². The minimum absolute atomic E-state index is 0.00729. The molecule has 0 bridgehead atoms. The van der Waals surface area contributed by atoms with Crippen molar-refractivity contribution in [1.82, 2.24) is 4.90 Å². The molecule has 1 N–H and O–H groups in total. The Morgan fingerprint density at radius 2 is 1.82 bits per heavy atom. The molecule has 2 heterocycles. The first-order valence-corrected chi connectivity index (χ1v) is 9.21. The number of carbonyl (C=O) groups excluding carboxylic acids is 2. The summed E-state index contributed by atoms with van der Waals surface area (Å²) in [5.41, 5.74) is 0.0703. The Hall–Kier alpha value is -2.55. The molecule has 2 saturated heterocycles. The smallest absolute Gasteiger partial charge is 0.305 e. The van der Waals surface area contributed by atoms with Crippen LogP contribution in [0.1, 0.15) is 25.7 Å². The molecule has 0 aliphatic carbocycles. The van der Waals surface area contributed by atoms with E-state index in [0.717, 1.165) is 12.1 Å². The number of anilines is 1. The van der Waals surface area contributed by atoms with Gasteiger partial charge in [0.1, 0.15) is 11.6 Å². The number of hydrogen-bond acceptors (Lipinski definition) is 4. The molecule has 1 atom stereocenters. The average molecular weight is 396 g/mol. The standard InChI is InChI=1S/C19H22F2N2O5/c20-13-8-14(21)10-16(9-13)23-11-12(7-17(23)24)19(27)22(4-1-18(25)26)15-2-5-28-6-3-15/h8-10,12,15H,1-7,11H2,(H,25,26). The second-order valence-electron chi connectivity index (χ2n) is 7.05. The van der Waals surface area contributed by atoms with E-state index in [4.69, 9.17) is 9.84 Å². The number of halogens is 2. The van der Waals surface area contributed by atoms with Gasteiger partial charge in [0, 0.05) is 50.5 Å². The summed E-state index contributed by atoms with van der Waals surface area (Å²) in [6.45, 7) is 1.03. The molecule has 2 aliphatic heterocycles.